The Hall–Kier alpha value is -1.83. The molecule has 0 unspecified atom stereocenters. The van der Waals surface area contributed by atoms with Gasteiger partial charge in [0, 0.05) is 18.8 Å². The molecular formula is C10H7F3N2O2S. The van der Waals surface area contributed by atoms with E-state index in [4.69, 9.17) is 5.11 Å². The van der Waals surface area contributed by atoms with Crippen molar-refractivity contribution >= 4 is 17.3 Å². The van der Waals surface area contributed by atoms with Gasteiger partial charge in [0.05, 0.1) is 5.69 Å². The topological polar surface area (TPSA) is 55.1 Å². The largest absolute Gasteiger partial charge is 0.477 e. The summed E-state index contributed by atoms with van der Waals surface area (Å²) >= 11 is 0.216. The molecule has 0 amide bonds. The molecule has 2 aromatic heterocycles. The molecule has 0 saturated carbocycles. The molecule has 2 aromatic rings. The van der Waals surface area contributed by atoms with E-state index in [9.17, 15) is 18.0 Å². The third-order valence-electron chi connectivity index (χ3n) is 2.30. The third-order valence-corrected chi connectivity index (χ3v) is 3.47. The van der Waals surface area contributed by atoms with E-state index in [1.54, 1.807) is 0 Å². The Bertz CT molecular complexity index is 601. The molecule has 2 rings (SSSR count). The van der Waals surface area contributed by atoms with Crippen molar-refractivity contribution in [3.63, 3.8) is 0 Å². The van der Waals surface area contributed by atoms with Crippen LogP contribution < -0.4 is 0 Å². The lowest BCUT2D eigenvalue weighted by molar-refractivity contribution is -0.133. The number of carboxylic acids is 1. The molecule has 0 saturated heterocycles. The zero-order chi connectivity index (χ0) is 13.5. The minimum atomic E-state index is -4.59. The van der Waals surface area contributed by atoms with Crippen molar-refractivity contribution in [2.24, 2.45) is 7.05 Å². The fraction of sp³-hybridized carbons (Fsp3) is 0.200. The summed E-state index contributed by atoms with van der Waals surface area (Å²) in [6, 6.07) is 2.43. The summed E-state index contributed by atoms with van der Waals surface area (Å²) in [6.45, 7) is 0. The zero-order valence-corrected chi connectivity index (χ0v) is 9.84. The fourth-order valence-electron chi connectivity index (χ4n) is 1.54. The van der Waals surface area contributed by atoms with Gasteiger partial charge in [0.1, 0.15) is 9.75 Å². The van der Waals surface area contributed by atoms with Crippen LogP contribution in [0.25, 0.3) is 11.3 Å². The van der Waals surface area contributed by atoms with Gasteiger partial charge in [-0.25, -0.2) is 4.79 Å². The fourth-order valence-corrected chi connectivity index (χ4v) is 2.41. The van der Waals surface area contributed by atoms with Crippen molar-refractivity contribution in [1.29, 1.82) is 0 Å². The predicted octanol–water partition coefficient (Wildman–Crippen LogP) is 2.87. The van der Waals surface area contributed by atoms with Crippen LogP contribution in [0.5, 0.6) is 0 Å². The van der Waals surface area contributed by atoms with E-state index in [-0.39, 0.29) is 27.5 Å². The van der Waals surface area contributed by atoms with E-state index in [0.29, 0.717) is 0 Å². The number of hydrogen-bond acceptors (Lipinski definition) is 3. The number of nitrogens with zero attached hydrogens (tertiary/aromatic N) is 2. The van der Waals surface area contributed by atoms with Crippen LogP contribution in [0.1, 0.15) is 14.5 Å². The maximum absolute atomic E-state index is 12.8. The number of hydrogen-bond donors (Lipinski definition) is 1. The van der Waals surface area contributed by atoms with Crippen molar-refractivity contribution in [3.05, 3.63) is 28.1 Å². The summed E-state index contributed by atoms with van der Waals surface area (Å²) in [5, 5.41) is 12.6. The molecule has 0 aliphatic carbocycles. The summed E-state index contributed by atoms with van der Waals surface area (Å²) < 4.78 is 39.8. The molecule has 0 atom stereocenters. The number of rotatable bonds is 2. The van der Waals surface area contributed by atoms with Crippen molar-refractivity contribution in [3.8, 4) is 11.3 Å². The number of thiophene rings is 1. The van der Waals surface area contributed by atoms with Gasteiger partial charge >= 0.3 is 12.1 Å². The summed E-state index contributed by atoms with van der Waals surface area (Å²) in [5.74, 6) is -1.38. The predicted molar refractivity (Wildman–Crippen MR) is 58.5 cm³/mol. The zero-order valence-electron chi connectivity index (χ0n) is 9.02. The van der Waals surface area contributed by atoms with Gasteiger partial charge in [-0.1, -0.05) is 0 Å². The van der Waals surface area contributed by atoms with Crippen LogP contribution in [0.15, 0.2) is 18.3 Å². The summed E-state index contributed by atoms with van der Waals surface area (Å²) in [7, 11) is 1.49. The van der Waals surface area contributed by atoms with E-state index >= 15 is 0 Å². The van der Waals surface area contributed by atoms with Gasteiger partial charge in [0.2, 0.25) is 0 Å². The van der Waals surface area contributed by atoms with Crippen LogP contribution in [0.2, 0.25) is 0 Å². The Labute approximate surface area is 103 Å². The molecule has 1 N–H and O–H groups in total. The van der Waals surface area contributed by atoms with E-state index < -0.39 is 17.0 Å². The Morgan fingerprint density at radius 3 is 2.61 bits per heavy atom. The van der Waals surface area contributed by atoms with E-state index in [2.05, 4.69) is 5.10 Å². The van der Waals surface area contributed by atoms with Gasteiger partial charge in [-0.15, -0.1) is 11.3 Å². The minimum Gasteiger partial charge on any atom is -0.477 e. The second-order valence-electron chi connectivity index (χ2n) is 3.50. The molecular weight excluding hydrogens is 269 g/mol. The third kappa shape index (κ3) is 2.10. The summed E-state index contributed by atoms with van der Waals surface area (Å²) in [6.07, 6.45) is -3.23. The maximum Gasteiger partial charge on any atom is 0.426 e. The van der Waals surface area contributed by atoms with E-state index in [0.717, 1.165) is 6.07 Å². The van der Waals surface area contributed by atoms with E-state index in [1.807, 2.05) is 0 Å². The van der Waals surface area contributed by atoms with Gasteiger partial charge in [-0.05, 0) is 12.1 Å². The second kappa shape index (κ2) is 4.13. The minimum absolute atomic E-state index is 0.162. The number of carbonyl (C=O) groups is 1. The molecule has 0 fully saturated rings. The first-order chi connectivity index (χ1) is 8.30. The number of aromatic carboxylic acids is 1. The highest BCUT2D eigenvalue weighted by Crippen LogP contribution is 2.42. The van der Waals surface area contributed by atoms with Gasteiger partial charge in [0.25, 0.3) is 0 Å². The van der Waals surface area contributed by atoms with Crippen LogP contribution in [0.3, 0.4) is 0 Å². The highest BCUT2D eigenvalue weighted by atomic mass is 32.1. The lowest BCUT2D eigenvalue weighted by Crippen LogP contribution is -2.05. The van der Waals surface area contributed by atoms with Gasteiger partial charge < -0.3 is 5.11 Å². The molecule has 0 aromatic carbocycles. The van der Waals surface area contributed by atoms with Crippen LogP contribution in [0.4, 0.5) is 13.2 Å². The highest BCUT2D eigenvalue weighted by molar-refractivity contribution is 7.14. The average Bonchev–Trinajstić information content (AvgIpc) is 2.81. The Balaban J connectivity index is 2.66. The SMILES string of the molecule is Cn1nccc1-c1cc(C(=O)O)sc1C(F)(F)F. The first kappa shape index (κ1) is 12.6. The molecule has 0 spiro atoms. The smallest absolute Gasteiger partial charge is 0.426 e. The Morgan fingerprint density at radius 2 is 2.17 bits per heavy atom. The number of halogens is 3. The van der Waals surface area contributed by atoms with Crippen LogP contribution in [0, 0.1) is 0 Å². The second-order valence-corrected chi connectivity index (χ2v) is 4.55. The molecule has 2 heterocycles. The quantitative estimate of drug-likeness (QED) is 0.917. The molecule has 0 radical (unpaired) electrons. The van der Waals surface area contributed by atoms with Crippen molar-refractivity contribution < 1.29 is 23.1 Å². The molecule has 4 nitrogen and oxygen atoms in total. The Kier molecular flexibility index (Phi) is 2.89. The Morgan fingerprint density at radius 1 is 1.50 bits per heavy atom. The first-order valence-electron chi connectivity index (χ1n) is 4.73. The number of alkyl halides is 3. The summed E-state index contributed by atoms with van der Waals surface area (Å²) in [4.78, 5) is 9.49. The maximum atomic E-state index is 12.8. The number of carboxylic acid groups (broad SMARTS) is 1. The van der Waals surface area contributed by atoms with Gasteiger partial charge in [-0.2, -0.15) is 18.3 Å². The van der Waals surface area contributed by atoms with Gasteiger partial charge in [0.15, 0.2) is 0 Å². The van der Waals surface area contributed by atoms with Crippen LogP contribution >= 0.6 is 11.3 Å². The molecule has 8 heteroatoms. The molecule has 18 heavy (non-hydrogen) atoms. The van der Waals surface area contributed by atoms with Crippen molar-refractivity contribution in [1.82, 2.24) is 9.78 Å². The van der Waals surface area contributed by atoms with Crippen LogP contribution in [-0.2, 0) is 13.2 Å². The standard InChI is InChI=1S/C10H7F3N2O2S/c1-15-6(2-3-14-15)5-4-7(9(16)17)18-8(5)10(11,12)13/h2-4H,1H3,(H,16,17). The molecule has 0 aliphatic rings. The average molecular weight is 276 g/mol. The lowest BCUT2D eigenvalue weighted by atomic mass is 10.1. The monoisotopic (exact) mass is 276 g/mol. The molecule has 0 bridgehead atoms. The van der Waals surface area contributed by atoms with Crippen LogP contribution in [-0.4, -0.2) is 20.9 Å². The van der Waals surface area contributed by atoms with Crippen molar-refractivity contribution in [2.45, 2.75) is 6.18 Å². The van der Waals surface area contributed by atoms with E-state index in [1.165, 1.54) is 24.0 Å². The van der Waals surface area contributed by atoms with Crippen molar-refractivity contribution in [2.75, 3.05) is 0 Å². The molecule has 0 aliphatic heterocycles. The normalized spacial score (nSPS) is 11.8. The number of aryl methyl sites for hydroxylation is 1. The first-order valence-corrected chi connectivity index (χ1v) is 5.55. The lowest BCUT2D eigenvalue weighted by Gasteiger charge is -2.07. The summed E-state index contributed by atoms with van der Waals surface area (Å²) in [5.41, 5.74) is 0.0657. The molecule has 96 valence electrons. The number of aromatic nitrogens is 2. The highest BCUT2D eigenvalue weighted by Gasteiger charge is 2.37. The van der Waals surface area contributed by atoms with Gasteiger partial charge in [-0.3, -0.25) is 4.68 Å².